The van der Waals surface area contributed by atoms with Crippen LogP contribution >= 0.6 is 0 Å². The zero-order chi connectivity index (χ0) is 20.1. The van der Waals surface area contributed by atoms with Gasteiger partial charge < -0.3 is 15.4 Å². The Kier molecular flexibility index (Phi) is 5.64. The first-order valence-electron chi connectivity index (χ1n) is 9.15. The molecule has 3 aromatic rings. The normalized spacial score (nSPS) is 11.0. The molecule has 0 saturated carbocycles. The molecule has 0 spiro atoms. The van der Waals surface area contributed by atoms with E-state index in [-0.39, 0.29) is 11.3 Å². The van der Waals surface area contributed by atoms with Gasteiger partial charge in [0.05, 0.1) is 24.6 Å². The minimum absolute atomic E-state index is 0.123. The van der Waals surface area contributed by atoms with E-state index in [2.05, 4.69) is 48.5 Å². The quantitative estimate of drug-likeness (QED) is 0.628. The van der Waals surface area contributed by atoms with Crippen LogP contribution in [0.1, 0.15) is 36.7 Å². The lowest BCUT2D eigenvalue weighted by atomic mass is 9.87. The third-order valence-corrected chi connectivity index (χ3v) is 4.40. The highest BCUT2D eigenvalue weighted by Crippen LogP contribution is 2.25. The molecule has 0 saturated heterocycles. The Labute approximate surface area is 165 Å². The van der Waals surface area contributed by atoms with Crippen molar-refractivity contribution in [3.63, 3.8) is 0 Å². The maximum atomic E-state index is 12.4. The second-order valence-electron chi connectivity index (χ2n) is 7.54. The largest absolute Gasteiger partial charge is 0.496 e. The summed E-state index contributed by atoms with van der Waals surface area (Å²) in [6.45, 7) is 6.57. The second kappa shape index (κ2) is 8.13. The fourth-order valence-electron chi connectivity index (χ4n) is 2.77. The summed E-state index contributed by atoms with van der Waals surface area (Å²) in [6.07, 6.45) is 1.62. The molecule has 0 bridgehead atoms. The average molecular weight is 375 g/mol. The number of ether oxygens (including phenoxy) is 1. The number of carbonyl (C=O) groups excluding carboxylic acids is 1. The molecular weight excluding hydrogens is 350 g/mol. The van der Waals surface area contributed by atoms with Gasteiger partial charge in [0.25, 0.3) is 5.91 Å². The molecule has 0 aliphatic carbocycles. The summed E-state index contributed by atoms with van der Waals surface area (Å²) < 4.78 is 5.23. The predicted molar refractivity (Wildman–Crippen MR) is 114 cm³/mol. The molecule has 0 unspecified atom stereocenters. The minimum atomic E-state index is -0.238. The predicted octanol–water partition coefficient (Wildman–Crippen LogP) is 5.38. The van der Waals surface area contributed by atoms with Crippen LogP contribution in [0.25, 0.3) is 0 Å². The van der Waals surface area contributed by atoms with E-state index < -0.39 is 0 Å². The van der Waals surface area contributed by atoms with E-state index in [1.807, 2.05) is 30.3 Å². The molecule has 28 heavy (non-hydrogen) atoms. The molecule has 1 heterocycles. The number of rotatable bonds is 5. The topological polar surface area (TPSA) is 63.2 Å². The number of hydrogen-bond donors (Lipinski definition) is 2. The van der Waals surface area contributed by atoms with Crippen molar-refractivity contribution < 1.29 is 9.53 Å². The van der Waals surface area contributed by atoms with Gasteiger partial charge >= 0.3 is 0 Å². The number of anilines is 3. The van der Waals surface area contributed by atoms with Crippen molar-refractivity contribution in [2.75, 3.05) is 17.7 Å². The van der Waals surface area contributed by atoms with Crippen LogP contribution in [0.2, 0.25) is 0 Å². The van der Waals surface area contributed by atoms with Gasteiger partial charge in [-0.1, -0.05) is 45.0 Å². The number of amides is 1. The zero-order valence-electron chi connectivity index (χ0n) is 16.6. The Balaban J connectivity index is 1.66. The number of nitrogens with one attached hydrogen (secondary N) is 2. The van der Waals surface area contributed by atoms with Crippen molar-refractivity contribution in [2.24, 2.45) is 0 Å². The third kappa shape index (κ3) is 4.68. The number of aromatic nitrogens is 1. The highest BCUT2D eigenvalue weighted by molar-refractivity contribution is 6.06. The van der Waals surface area contributed by atoms with Crippen LogP contribution < -0.4 is 15.4 Å². The summed E-state index contributed by atoms with van der Waals surface area (Å²) in [4.78, 5) is 16.8. The van der Waals surface area contributed by atoms with Crippen LogP contribution in [0, 0.1) is 0 Å². The molecule has 2 aromatic carbocycles. The van der Waals surface area contributed by atoms with Gasteiger partial charge in [-0.25, -0.2) is 4.98 Å². The Morgan fingerprint density at radius 2 is 1.61 bits per heavy atom. The molecule has 0 radical (unpaired) electrons. The fraction of sp³-hybridized carbons (Fsp3) is 0.217. The fourth-order valence-corrected chi connectivity index (χ4v) is 2.77. The van der Waals surface area contributed by atoms with Gasteiger partial charge in [0.2, 0.25) is 0 Å². The van der Waals surface area contributed by atoms with E-state index in [0.717, 1.165) is 5.69 Å². The maximum Gasteiger partial charge on any atom is 0.259 e. The molecule has 0 atom stereocenters. The van der Waals surface area contributed by atoms with Gasteiger partial charge in [-0.2, -0.15) is 0 Å². The van der Waals surface area contributed by atoms with E-state index >= 15 is 0 Å². The highest BCUT2D eigenvalue weighted by Gasteiger charge is 2.13. The lowest BCUT2D eigenvalue weighted by molar-refractivity contribution is 0.102. The Bertz CT molecular complexity index is 943. The Morgan fingerprint density at radius 1 is 0.929 bits per heavy atom. The molecule has 3 rings (SSSR count). The summed E-state index contributed by atoms with van der Waals surface area (Å²) in [5, 5.41) is 6.11. The molecule has 0 aliphatic rings. The molecule has 5 nitrogen and oxygen atoms in total. The van der Waals surface area contributed by atoms with Gasteiger partial charge in [-0.15, -0.1) is 0 Å². The monoisotopic (exact) mass is 375 g/mol. The number of nitrogens with zero attached hydrogens (tertiary/aromatic N) is 1. The number of hydrogen-bond acceptors (Lipinski definition) is 4. The first-order chi connectivity index (χ1) is 13.4. The molecule has 5 heteroatoms. The second-order valence-corrected chi connectivity index (χ2v) is 7.54. The molecule has 0 fully saturated rings. The van der Waals surface area contributed by atoms with Gasteiger partial charge in [-0.05, 0) is 47.4 Å². The lowest BCUT2D eigenvalue weighted by Gasteiger charge is -2.19. The lowest BCUT2D eigenvalue weighted by Crippen LogP contribution is -2.13. The van der Waals surface area contributed by atoms with Crippen molar-refractivity contribution in [1.29, 1.82) is 0 Å². The van der Waals surface area contributed by atoms with Crippen molar-refractivity contribution in [2.45, 2.75) is 26.2 Å². The molecule has 1 aromatic heterocycles. The van der Waals surface area contributed by atoms with Crippen LogP contribution in [0.4, 0.5) is 17.2 Å². The molecule has 144 valence electrons. The Hall–Kier alpha value is -3.34. The SMILES string of the molecule is COc1ccccc1C(=O)Nc1ccc(Nc2ccc(C(C)(C)C)cc2)nc1. The number of pyridine rings is 1. The molecule has 0 aliphatic heterocycles. The smallest absolute Gasteiger partial charge is 0.259 e. The van der Waals surface area contributed by atoms with Gasteiger partial charge in [-0.3, -0.25) is 4.79 Å². The Morgan fingerprint density at radius 3 is 2.21 bits per heavy atom. The first-order valence-corrected chi connectivity index (χ1v) is 9.15. The zero-order valence-corrected chi connectivity index (χ0v) is 16.6. The summed E-state index contributed by atoms with van der Waals surface area (Å²) >= 11 is 0. The van der Waals surface area contributed by atoms with E-state index in [4.69, 9.17) is 4.74 Å². The van der Waals surface area contributed by atoms with E-state index in [1.165, 1.54) is 5.56 Å². The minimum Gasteiger partial charge on any atom is -0.496 e. The third-order valence-electron chi connectivity index (χ3n) is 4.40. The number of carbonyl (C=O) groups is 1. The summed E-state index contributed by atoms with van der Waals surface area (Å²) in [7, 11) is 1.54. The molecule has 2 N–H and O–H groups in total. The van der Waals surface area contributed by atoms with Crippen molar-refractivity contribution in [3.8, 4) is 5.75 Å². The van der Waals surface area contributed by atoms with Crippen molar-refractivity contribution in [3.05, 3.63) is 78.0 Å². The average Bonchev–Trinajstić information content (AvgIpc) is 2.69. The highest BCUT2D eigenvalue weighted by atomic mass is 16.5. The maximum absolute atomic E-state index is 12.4. The van der Waals surface area contributed by atoms with E-state index in [0.29, 0.717) is 22.8 Å². The number of para-hydroxylation sites is 1. The van der Waals surface area contributed by atoms with Gasteiger partial charge in [0.15, 0.2) is 0 Å². The van der Waals surface area contributed by atoms with Gasteiger partial charge in [0.1, 0.15) is 11.6 Å². The summed E-state index contributed by atoms with van der Waals surface area (Å²) in [6, 6.07) is 19.1. The standard InChI is InChI=1S/C23H25N3O2/c1-23(2,3)16-9-11-17(12-10-16)25-21-14-13-18(15-24-21)26-22(27)19-7-5-6-8-20(19)28-4/h5-15H,1-4H3,(H,24,25)(H,26,27). The van der Waals surface area contributed by atoms with Crippen LogP contribution in [0.5, 0.6) is 5.75 Å². The van der Waals surface area contributed by atoms with Crippen LogP contribution in [0.3, 0.4) is 0 Å². The van der Waals surface area contributed by atoms with Gasteiger partial charge in [0, 0.05) is 5.69 Å². The molecule has 1 amide bonds. The number of methoxy groups -OCH3 is 1. The summed E-state index contributed by atoms with van der Waals surface area (Å²) in [5.74, 6) is 1.00. The molecular formula is C23H25N3O2. The van der Waals surface area contributed by atoms with E-state index in [9.17, 15) is 4.79 Å². The van der Waals surface area contributed by atoms with Crippen LogP contribution in [-0.4, -0.2) is 18.0 Å². The van der Waals surface area contributed by atoms with Crippen LogP contribution in [-0.2, 0) is 5.41 Å². The first kappa shape index (κ1) is 19.4. The van der Waals surface area contributed by atoms with Crippen LogP contribution in [0.15, 0.2) is 66.9 Å². The number of benzene rings is 2. The van der Waals surface area contributed by atoms with Crippen molar-refractivity contribution in [1.82, 2.24) is 4.98 Å². The summed E-state index contributed by atoms with van der Waals surface area (Å²) in [5.41, 5.74) is 3.46. The van der Waals surface area contributed by atoms with E-state index in [1.54, 1.807) is 31.5 Å². The van der Waals surface area contributed by atoms with Crippen molar-refractivity contribution >= 4 is 23.1 Å².